The van der Waals surface area contributed by atoms with E-state index in [4.69, 9.17) is 30.5 Å². The lowest BCUT2D eigenvalue weighted by Crippen LogP contribution is -2.53. The van der Waals surface area contributed by atoms with Crippen LogP contribution in [0.2, 0.25) is 5.02 Å². The summed E-state index contributed by atoms with van der Waals surface area (Å²) in [5, 5.41) is 3.47. The maximum absolute atomic E-state index is 14.4. The van der Waals surface area contributed by atoms with Gasteiger partial charge in [0, 0.05) is 29.7 Å². The van der Waals surface area contributed by atoms with Crippen LogP contribution in [0.15, 0.2) is 65.6 Å². The third kappa shape index (κ3) is 8.55. The summed E-state index contributed by atoms with van der Waals surface area (Å²) in [5.41, 5.74) is 0.773. The number of amides is 2. The van der Waals surface area contributed by atoms with E-state index in [9.17, 15) is 18.0 Å². The zero-order chi connectivity index (χ0) is 34.0. The molecule has 3 rings (SSSR count). The molecule has 2 amide bonds. The second-order valence-corrected chi connectivity index (χ2v) is 12.8. The van der Waals surface area contributed by atoms with Crippen LogP contribution in [-0.2, 0) is 26.2 Å². The summed E-state index contributed by atoms with van der Waals surface area (Å²) >= 11 is 6.11. The highest BCUT2D eigenvalue weighted by Crippen LogP contribution is 2.38. The van der Waals surface area contributed by atoms with E-state index in [0.29, 0.717) is 28.5 Å². The van der Waals surface area contributed by atoms with Gasteiger partial charge in [-0.2, -0.15) is 0 Å². The molecule has 0 unspecified atom stereocenters. The number of anilines is 1. The molecule has 3 aromatic rings. The average Bonchev–Trinajstić information content (AvgIpc) is 3.06. The molecule has 0 aromatic heterocycles. The van der Waals surface area contributed by atoms with Gasteiger partial charge in [0.15, 0.2) is 11.5 Å². The van der Waals surface area contributed by atoms with Gasteiger partial charge in [0.25, 0.3) is 10.0 Å². The number of halogens is 1. The lowest BCUT2D eigenvalue weighted by molar-refractivity contribution is -0.140. The fourth-order valence-corrected chi connectivity index (χ4v) is 6.31. The molecule has 0 saturated carbocycles. The highest BCUT2D eigenvalue weighted by atomic mass is 35.5. The molecular formula is C33H42ClN3O8S. The van der Waals surface area contributed by atoms with Crippen LogP contribution in [-0.4, -0.2) is 72.2 Å². The number of ether oxygens (including phenoxy) is 4. The molecule has 13 heteroatoms. The van der Waals surface area contributed by atoms with Gasteiger partial charge in [0.2, 0.25) is 11.8 Å². The monoisotopic (exact) mass is 675 g/mol. The van der Waals surface area contributed by atoms with Crippen LogP contribution >= 0.6 is 11.6 Å². The predicted molar refractivity (Wildman–Crippen MR) is 178 cm³/mol. The summed E-state index contributed by atoms with van der Waals surface area (Å²) in [4.78, 5) is 29.1. The van der Waals surface area contributed by atoms with E-state index in [-0.39, 0.29) is 47.0 Å². The van der Waals surface area contributed by atoms with E-state index in [2.05, 4.69) is 5.32 Å². The van der Waals surface area contributed by atoms with E-state index in [1.165, 1.54) is 57.6 Å². The maximum Gasteiger partial charge on any atom is 0.265 e. The fraction of sp³-hybridized carbons (Fsp3) is 0.394. The zero-order valence-electron chi connectivity index (χ0n) is 27.2. The quantitative estimate of drug-likeness (QED) is 0.217. The van der Waals surface area contributed by atoms with Gasteiger partial charge in [-0.15, -0.1) is 0 Å². The normalized spacial score (nSPS) is 12.4. The number of nitrogens with one attached hydrogen (secondary N) is 1. The SMILES string of the molecule is CC[C@@H](C)NC(=O)[C@H](CC)N(Cc1ccc(Cl)cc1)C(=O)CN(c1cc(OC)ccc1OC)S(=O)(=O)c1ccc(OC)c(OC)c1. The average molecular weight is 676 g/mol. The van der Waals surface area contributed by atoms with E-state index in [1.807, 2.05) is 13.8 Å². The molecule has 0 radical (unpaired) electrons. The summed E-state index contributed by atoms with van der Waals surface area (Å²) in [6.07, 6.45) is 0.979. The van der Waals surface area contributed by atoms with Crippen molar-refractivity contribution in [3.63, 3.8) is 0 Å². The van der Waals surface area contributed by atoms with Crippen LogP contribution < -0.4 is 28.6 Å². The maximum atomic E-state index is 14.4. The second kappa shape index (κ2) is 16.4. The molecule has 1 N–H and O–H groups in total. The van der Waals surface area contributed by atoms with E-state index < -0.39 is 28.5 Å². The topological polar surface area (TPSA) is 124 Å². The first-order chi connectivity index (χ1) is 21.9. The van der Waals surface area contributed by atoms with Crippen molar-refractivity contribution >= 4 is 39.1 Å². The van der Waals surface area contributed by atoms with Gasteiger partial charge in [-0.25, -0.2) is 8.42 Å². The number of nitrogens with zero attached hydrogens (tertiary/aromatic N) is 2. The third-order valence-corrected chi connectivity index (χ3v) is 9.54. The van der Waals surface area contributed by atoms with Gasteiger partial charge in [-0.1, -0.05) is 37.6 Å². The summed E-state index contributed by atoms with van der Waals surface area (Å²) in [6.45, 7) is 4.98. The predicted octanol–water partition coefficient (Wildman–Crippen LogP) is 5.29. The number of sulfonamides is 1. The second-order valence-electron chi connectivity index (χ2n) is 10.5. The number of hydrogen-bond donors (Lipinski definition) is 1. The molecule has 3 aromatic carbocycles. The van der Waals surface area contributed by atoms with E-state index in [0.717, 1.165) is 4.31 Å². The molecule has 46 heavy (non-hydrogen) atoms. The van der Waals surface area contributed by atoms with Crippen molar-refractivity contribution in [3.8, 4) is 23.0 Å². The van der Waals surface area contributed by atoms with Gasteiger partial charge in [-0.3, -0.25) is 13.9 Å². The Morgan fingerprint density at radius 2 is 1.46 bits per heavy atom. The lowest BCUT2D eigenvalue weighted by atomic mass is 10.1. The largest absolute Gasteiger partial charge is 0.497 e. The molecular weight excluding hydrogens is 634 g/mol. The first-order valence-corrected chi connectivity index (χ1v) is 16.6. The van der Waals surface area contributed by atoms with E-state index in [1.54, 1.807) is 43.3 Å². The van der Waals surface area contributed by atoms with Gasteiger partial charge < -0.3 is 29.2 Å². The van der Waals surface area contributed by atoms with Crippen molar-refractivity contribution in [2.45, 2.75) is 57.1 Å². The fourth-order valence-electron chi connectivity index (χ4n) is 4.76. The molecule has 0 saturated heterocycles. The smallest absolute Gasteiger partial charge is 0.265 e. The highest BCUT2D eigenvalue weighted by molar-refractivity contribution is 7.92. The van der Waals surface area contributed by atoms with Crippen molar-refractivity contribution in [1.29, 1.82) is 0 Å². The number of methoxy groups -OCH3 is 4. The van der Waals surface area contributed by atoms with Crippen molar-refractivity contribution in [1.82, 2.24) is 10.2 Å². The number of hydrogen-bond acceptors (Lipinski definition) is 8. The summed E-state index contributed by atoms with van der Waals surface area (Å²) < 4.78 is 51.4. The van der Waals surface area contributed by atoms with Gasteiger partial charge >= 0.3 is 0 Å². The van der Waals surface area contributed by atoms with Crippen molar-refractivity contribution in [3.05, 3.63) is 71.2 Å². The summed E-state index contributed by atoms with van der Waals surface area (Å²) in [6, 6.07) is 14.7. The summed E-state index contributed by atoms with van der Waals surface area (Å²) in [5.74, 6) is 0.0823. The van der Waals surface area contributed by atoms with Crippen LogP contribution in [0.1, 0.15) is 39.2 Å². The number of carbonyl (C=O) groups is 2. The molecule has 0 aliphatic carbocycles. The molecule has 0 fully saturated rings. The van der Waals surface area contributed by atoms with Crippen molar-refractivity contribution in [2.24, 2.45) is 0 Å². The van der Waals surface area contributed by atoms with Gasteiger partial charge in [0.1, 0.15) is 24.1 Å². The Bertz CT molecular complexity index is 1600. The number of benzene rings is 3. The Kier molecular flexibility index (Phi) is 13.0. The molecule has 2 atom stereocenters. The minimum Gasteiger partial charge on any atom is -0.497 e. The lowest BCUT2D eigenvalue weighted by Gasteiger charge is -2.34. The van der Waals surface area contributed by atoms with Crippen LogP contribution in [0.5, 0.6) is 23.0 Å². The number of carbonyl (C=O) groups excluding carboxylic acids is 2. The first kappa shape index (κ1) is 36.3. The Morgan fingerprint density at radius 1 is 0.826 bits per heavy atom. The van der Waals surface area contributed by atoms with Crippen LogP contribution in [0.25, 0.3) is 0 Å². The van der Waals surface area contributed by atoms with Crippen molar-refractivity contribution < 1.29 is 37.0 Å². The minimum atomic E-state index is -4.46. The third-order valence-electron chi connectivity index (χ3n) is 7.53. The van der Waals surface area contributed by atoms with Crippen LogP contribution in [0, 0.1) is 0 Å². The molecule has 0 aliphatic heterocycles. The molecule has 0 bridgehead atoms. The van der Waals surface area contributed by atoms with E-state index >= 15 is 0 Å². The molecule has 250 valence electrons. The Balaban J connectivity index is 2.19. The zero-order valence-corrected chi connectivity index (χ0v) is 28.8. The molecule has 11 nitrogen and oxygen atoms in total. The molecule has 0 heterocycles. The van der Waals surface area contributed by atoms with Crippen LogP contribution in [0.4, 0.5) is 5.69 Å². The minimum absolute atomic E-state index is 0.0297. The number of rotatable bonds is 16. The molecule has 0 aliphatic rings. The molecule has 0 spiro atoms. The standard InChI is InChI=1S/C33H42ClN3O8S/c1-8-22(3)35-33(39)27(9-2)36(20-23-10-12-24(34)13-11-23)32(38)21-37(28-18-25(42-4)14-16-29(28)43-5)46(40,41)26-15-17-30(44-6)31(19-26)45-7/h10-19,22,27H,8-9,20-21H2,1-7H3,(H,35,39)/t22-,27+/m1/s1. The van der Waals surface area contributed by atoms with Gasteiger partial charge in [-0.05, 0) is 61.7 Å². The van der Waals surface area contributed by atoms with Crippen molar-refractivity contribution in [2.75, 3.05) is 39.3 Å². The Morgan fingerprint density at radius 3 is 2.02 bits per heavy atom. The summed E-state index contributed by atoms with van der Waals surface area (Å²) in [7, 11) is 1.22. The van der Waals surface area contributed by atoms with Crippen LogP contribution in [0.3, 0.4) is 0 Å². The first-order valence-electron chi connectivity index (χ1n) is 14.7. The van der Waals surface area contributed by atoms with Gasteiger partial charge in [0.05, 0.1) is 39.0 Å². The Hall–Kier alpha value is -4.16. The Labute approximate surface area is 276 Å². The highest BCUT2D eigenvalue weighted by Gasteiger charge is 2.35.